The van der Waals surface area contributed by atoms with Gasteiger partial charge in [-0.3, -0.25) is 9.59 Å². The SMILES string of the molecule is CC(C)(C)[Si](C)(C)O[C@@H]1C[C@H](c2cccc(I)c2)OC(=O)CCCCC1=O. The van der Waals surface area contributed by atoms with Gasteiger partial charge in [0.25, 0.3) is 0 Å². The maximum atomic E-state index is 12.9. The maximum Gasteiger partial charge on any atom is 0.306 e. The summed E-state index contributed by atoms with van der Waals surface area (Å²) in [7, 11) is -2.12. The Morgan fingerprint density at radius 1 is 1.15 bits per heavy atom. The lowest BCUT2D eigenvalue weighted by Gasteiger charge is -2.39. The van der Waals surface area contributed by atoms with Crippen molar-refractivity contribution in [3.8, 4) is 0 Å². The van der Waals surface area contributed by atoms with Crippen LogP contribution < -0.4 is 0 Å². The molecule has 2 atom stereocenters. The zero-order valence-corrected chi connectivity index (χ0v) is 20.2. The maximum absolute atomic E-state index is 12.9. The zero-order valence-electron chi connectivity index (χ0n) is 17.0. The second-order valence-corrected chi connectivity index (χ2v) is 14.8. The van der Waals surface area contributed by atoms with Gasteiger partial charge in [0.05, 0.1) is 0 Å². The van der Waals surface area contributed by atoms with Gasteiger partial charge in [0.1, 0.15) is 12.2 Å². The van der Waals surface area contributed by atoms with Gasteiger partial charge in [-0.15, -0.1) is 0 Å². The molecular weight excluding hydrogens is 471 g/mol. The lowest BCUT2D eigenvalue weighted by molar-refractivity contribution is -0.153. The Morgan fingerprint density at radius 3 is 2.44 bits per heavy atom. The van der Waals surface area contributed by atoms with E-state index in [-0.39, 0.29) is 16.8 Å². The molecule has 1 aliphatic heterocycles. The number of Topliss-reactive ketones (excluding diaryl/α,β-unsaturated/α-hetero) is 1. The van der Waals surface area contributed by atoms with Crippen molar-refractivity contribution >= 4 is 42.7 Å². The fraction of sp³-hybridized carbons (Fsp3) is 0.619. The van der Waals surface area contributed by atoms with Gasteiger partial charge in [-0.25, -0.2) is 0 Å². The largest absolute Gasteiger partial charge is 0.457 e. The highest BCUT2D eigenvalue weighted by Gasteiger charge is 2.41. The van der Waals surface area contributed by atoms with Crippen LogP contribution in [0, 0.1) is 3.57 Å². The molecule has 1 aliphatic rings. The molecule has 0 N–H and O–H groups in total. The number of benzene rings is 1. The van der Waals surface area contributed by atoms with Crippen LogP contribution >= 0.6 is 22.6 Å². The molecular formula is C21H31IO4Si. The Bertz CT molecular complexity index is 681. The van der Waals surface area contributed by atoms with Crippen LogP contribution in [0.25, 0.3) is 0 Å². The second-order valence-electron chi connectivity index (χ2n) is 8.81. The minimum Gasteiger partial charge on any atom is -0.457 e. The van der Waals surface area contributed by atoms with E-state index in [0.717, 1.165) is 9.13 Å². The van der Waals surface area contributed by atoms with Crippen LogP contribution in [0.3, 0.4) is 0 Å². The third-order valence-electron chi connectivity index (χ3n) is 5.58. The highest BCUT2D eigenvalue weighted by Crippen LogP contribution is 2.39. The van der Waals surface area contributed by atoms with Crippen LogP contribution in [0.4, 0.5) is 0 Å². The molecule has 2 rings (SSSR count). The van der Waals surface area contributed by atoms with Gasteiger partial charge in [-0.1, -0.05) is 32.9 Å². The normalized spacial score (nSPS) is 23.0. The summed E-state index contributed by atoms with van der Waals surface area (Å²) >= 11 is 2.25. The lowest BCUT2D eigenvalue weighted by atomic mass is 9.97. The van der Waals surface area contributed by atoms with Crippen molar-refractivity contribution in [2.24, 2.45) is 0 Å². The number of halogens is 1. The van der Waals surface area contributed by atoms with E-state index in [1.807, 2.05) is 24.3 Å². The fourth-order valence-electron chi connectivity index (χ4n) is 2.88. The average Bonchev–Trinajstić information content (AvgIpc) is 2.55. The van der Waals surface area contributed by atoms with Crippen LogP contribution in [-0.2, 0) is 18.8 Å². The molecule has 4 nitrogen and oxygen atoms in total. The van der Waals surface area contributed by atoms with Crippen molar-refractivity contribution in [3.05, 3.63) is 33.4 Å². The summed E-state index contributed by atoms with van der Waals surface area (Å²) in [5.41, 5.74) is 0.924. The van der Waals surface area contributed by atoms with E-state index in [9.17, 15) is 9.59 Å². The number of hydrogen-bond acceptors (Lipinski definition) is 4. The van der Waals surface area contributed by atoms with Crippen molar-refractivity contribution in [2.45, 2.75) is 83.2 Å². The molecule has 0 unspecified atom stereocenters. The van der Waals surface area contributed by atoms with Crippen molar-refractivity contribution in [2.75, 3.05) is 0 Å². The second kappa shape index (κ2) is 9.18. The molecule has 1 aromatic rings. The van der Waals surface area contributed by atoms with Gasteiger partial charge in [0, 0.05) is 22.8 Å². The lowest BCUT2D eigenvalue weighted by Crippen LogP contribution is -2.46. The van der Waals surface area contributed by atoms with E-state index in [2.05, 4.69) is 56.5 Å². The first-order chi connectivity index (χ1) is 12.5. The highest BCUT2D eigenvalue weighted by atomic mass is 127. The van der Waals surface area contributed by atoms with Crippen LogP contribution in [0.2, 0.25) is 18.1 Å². The Balaban J connectivity index is 2.33. The topological polar surface area (TPSA) is 52.6 Å². The molecule has 0 amide bonds. The molecule has 6 heteroatoms. The molecule has 0 radical (unpaired) electrons. The monoisotopic (exact) mass is 502 g/mol. The number of ether oxygens (including phenoxy) is 1. The highest BCUT2D eigenvalue weighted by molar-refractivity contribution is 14.1. The van der Waals surface area contributed by atoms with Crippen molar-refractivity contribution in [1.82, 2.24) is 0 Å². The number of ketones is 1. The molecule has 1 fully saturated rings. The van der Waals surface area contributed by atoms with E-state index in [4.69, 9.17) is 9.16 Å². The van der Waals surface area contributed by atoms with Gasteiger partial charge in [-0.2, -0.15) is 0 Å². The first-order valence-corrected chi connectivity index (χ1v) is 13.6. The summed E-state index contributed by atoms with van der Waals surface area (Å²) in [4.78, 5) is 25.2. The molecule has 0 bridgehead atoms. The van der Waals surface area contributed by atoms with Crippen LogP contribution in [0.5, 0.6) is 0 Å². The molecule has 27 heavy (non-hydrogen) atoms. The molecule has 0 aromatic heterocycles. The number of esters is 1. The summed E-state index contributed by atoms with van der Waals surface area (Å²) in [6.07, 6.45) is 1.61. The predicted molar refractivity (Wildman–Crippen MR) is 118 cm³/mol. The van der Waals surface area contributed by atoms with Crippen molar-refractivity contribution in [1.29, 1.82) is 0 Å². The van der Waals surface area contributed by atoms with Gasteiger partial charge in [-0.05, 0) is 71.3 Å². The number of carbonyl (C=O) groups is 2. The first-order valence-electron chi connectivity index (χ1n) is 9.65. The van der Waals surface area contributed by atoms with Gasteiger partial charge < -0.3 is 9.16 Å². The number of cyclic esters (lactones) is 1. The van der Waals surface area contributed by atoms with E-state index < -0.39 is 20.5 Å². The fourth-order valence-corrected chi connectivity index (χ4v) is 4.74. The summed E-state index contributed by atoms with van der Waals surface area (Å²) in [6, 6.07) is 7.92. The first kappa shape index (κ1) is 22.6. The quantitative estimate of drug-likeness (QED) is 0.298. The molecule has 150 valence electrons. The van der Waals surface area contributed by atoms with Crippen LogP contribution in [0.15, 0.2) is 24.3 Å². The number of carbonyl (C=O) groups excluding carboxylic acids is 2. The smallest absolute Gasteiger partial charge is 0.306 e. The Kier molecular flexibility index (Phi) is 7.67. The summed E-state index contributed by atoms with van der Waals surface area (Å²) in [5, 5.41) is 0.0108. The summed E-state index contributed by atoms with van der Waals surface area (Å²) < 4.78 is 13.4. The predicted octanol–water partition coefficient (Wildman–Crippen LogP) is 5.80. The molecule has 0 aliphatic carbocycles. The zero-order chi connectivity index (χ0) is 20.2. The average molecular weight is 502 g/mol. The third-order valence-corrected chi connectivity index (χ3v) is 10.7. The Morgan fingerprint density at radius 2 is 1.81 bits per heavy atom. The van der Waals surface area contributed by atoms with Gasteiger partial charge >= 0.3 is 5.97 Å². The summed E-state index contributed by atoms with van der Waals surface area (Å²) in [5.74, 6) is -0.0623. The van der Waals surface area contributed by atoms with Crippen molar-refractivity contribution < 1.29 is 18.8 Å². The van der Waals surface area contributed by atoms with Crippen LogP contribution in [0.1, 0.15) is 64.5 Å². The Labute approximate surface area is 177 Å². The third kappa shape index (κ3) is 6.39. The molecule has 0 saturated carbocycles. The minimum atomic E-state index is -2.12. The molecule has 1 heterocycles. The van der Waals surface area contributed by atoms with E-state index >= 15 is 0 Å². The summed E-state index contributed by atoms with van der Waals surface area (Å²) in [6.45, 7) is 10.8. The number of hydrogen-bond donors (Lipinski definition) is 0. The molecule has 1 saturated heterocycles. The van der Waals surface area contributed by atoms with Crippen LogP contribution in [-0.4, -0.2) is 26.2 Å². The van der Waals surface area contributed by atoms with E-state index in [1.165, 1.54) is 0 Å². The van der Waals surface area contributed by atoms with Crippen molar-refractivity contribution in [3.63, 3.8) is 0 Å². The standard InChI is InChI=1S/C21H31IO4Si/c1-21(2,3)27(4,5)26-19-14-18(15-9-8-10-16(22)13-15)25-20(24)12-7-6-11-17(19)23/h8-10,13,18-19H,6-7,11-12,14H2,1-5H3/t18-,19-/m1/s1. The molecule has 1 aromatic carbocycles. The van der Waals surface area contributed by atoms with Gasteiger partial charge in [0.2, 0.25) is 0 Å². The van der Waals surface area contributed by atoms with E-state index in [0.29, 0.717) is 32.1 Å². The number of rotatable bonds is 3. The Hall–Kier alpha value is -0.733. The van der Waals surface area contributed by atoms with Gasteiger partial charge in [0.15, 0.2) is 14.1 Å². The van der Waals surface area contributed by atoms with E-state index in [1.54, 1.807) is 0 Å². The minimum absolute atomic E-state index is 0.0108. The molecule has 0 spiro atoms.